The molecule has 6 nitrogen and oxygen atoms in total. The van der Waals surface area contributed by atoms with Gasteiger partial charge in [-0.2, -0.15) is 0 Å². The summed E-state index contributed by atoms with van der Waals surface area (Å²) in [6.45, 7) is 1.85. The molecule has 0 radical (unpaired) electrons. The van der Waals surface area contributed by atoms with Crippen molar-refractivity contribution in [3.8, 4) is 11.5 Å². The van der Waals surface area contributed by atoms with Crippen LogP contribution in [0.25, 0.3) is 0 Å². The molecule has 164 valence electrons. The third-order valence-electron chi connectivity index (χ3n) is 6.34. The Kier molecular flexibility index (Phi) is 4.96. The van der Waals surface area contributed by atoms with Crippen LogP contribution in [-0.4, -0.2) is 25.2 Å². The van der Waals surface area contributed by atoms with Gasteiger partial charge in [-0.15, -0.1) is 0 Å². The number of ether oxygens (including phenoxy) is 2. The van der Waals surface area contributed by atoms with Crippen molar-refractivity contribution >= 4 is 11.7 Å². The second-order valence-corrected chi connectivity index (χ2v) is 8.16. The Morgan fingerprint density at radius 2 is 1.75 bits per heavy atom. The molecule has 0 saturated carbocycles. The number of anilines is 1. The fourth-order valence-electron chi connectivity index (χ4n) is 4.80. The van der Waals surface area contributed by atoms with Crippen LogP contribution in [0.1, 0.15) is 47.1 Å². The fraction of sp³-hybridized carbons (Fsp3) is 0.280. The Morgan fingerprint density at radius 3 is 2.47 bits per heavy atom. The Balaban J connectivity index is 1.57. The quantitative estimate of drug-likeness (QED) is 0.616. The summed E-state index contributed by atoms with van der Waals surface area (Å²) in [5, 5.41) is 7.43. The van der Waals surface area contributed by atoms with Crippen molar-refractivity contribution in [3.05, 3.63) is 81.9 Å². The normalized spacial score (nSPS) is 19.8. The highest BCUT2D eigenvalue weighted by Crippen LogP contribution is 2.49. The van der Waals surface area contributed by atoms with Crippen molar-refractivity contribution in [2.45, 2.75) is 31.6 Å². The first-order valence-corrected chi connectivity index (χ1v) is 10.5. The van der Waals surface area contributed by atoms with Gasteiger partial charge in [0.25, 0.3) is 0 Å². The lowest BCUT2D eigenvalue weighted by molar-refractivity contribution is -0.116. The van der Waals surface area contributed by atoms with Crippen molar-refractivity contribution < 1.29 is 23.2 Å². The maximum atomic E-state index is 13.6. The molecule has 32 heavy (non-hydrogen) atoms. The van der Waals surface area contributed by atoms with E-state index in [0.717, 1.165) is 22.4 Å². The van der Waals surface area contributed by atoms with Gasteiger partial charge in [0.15, 0.2) is 17.3 Å². The predicted molar refractivity (Wildman–Crippen MR) is 117 cm³/mol. The number of carbonyl (C=O) groups is 1. The summed E-state index contributed by atoms with van der Waals surface area (Å²) >= 11 is 0. The smallest absolute Gasteiger partial charge is 0.233 e. The summed E-state index contributed by atoms with van der Waals surface area (Å²) < 4.78 is 29.9. The average molecular weight is 434 g/mol. The molecule has 2 aromatic carbocycles. The number of allylic oxidation sites excluding steroid dienone is 2. The highest BCUT2D eigenvalue weighted by Gasteiger charge is 2.41. The number of nitrogens with zero attached hydrogens (tertiary/aromatic N) is 1. The molecule has 2 heterocycles. The first-order chi connectivity index (χ1) is 15.5. The van der Waals surface area contributed by atoms with Gasteiger partial charge in [0.05, 0.1) is 25.5 Å². The number of hydrogen-bond acceptors (Lipinski definition) is 6. The highest BCUT2D eigenvalue weighted by molar-refractivity contribution is 6.01. The number of carbonyl (C=O) groups excluding carboxylic acids is 1. The van der Waals surface area contributed by atoms with Crippen molar-refractivity contribution in [2.75, 3.05) is 19.5 Å². The van der Waals surface area contributed by atoms with E-state index in [4.69, 9.17) is 14.0 Å². The zero-order chi connectivity index (χ0) is 22.4. The number of benzene rings is 2. The van der Waals surface area contributed by atoms with Crippen LogP contribution >= 0.6 is 0 Å². The highest BCUT2D eigenvalue weighted by atomic mass is 19.1. The number of ketones is 1. The Morgan fingerprint density at radius 1 is 1.03 bits per heavy atom. The largest absolute Gasteiger partial charge is 0.493 e. The number of fused-ring (bicyclic) bond motifs is 1. The Hall–Kier alpha value is -3.61. The second kappa shape index (κ2) is 7.82. The van der Waals surface area contributed by atoms with E-state index < -0.39 is 0 Å². The van der Waals surface area contributed by atoms with Gasteiger partial charge in [0, 0.05) is 23.6 Å². The molecule has 3 aromatic rings. The van der Waals surface area contributed by atoms with Gasteiger partial charge in [-0.3, -0.25) is 4.79 Å². The van der Waals surface area contributed by atoms with E-state index in [0.29, 0.717) is 41.5 Å². The van der Waals surface area contributed by atoms with Gasteiger partial charge in [-0.1, -0.05) is 23.4 Å². The van der Waals surface area contributed by atoms with Crippen LogP contribution in [0.2, 0.25) is 0 Å². The van der Waals surface area contributed by atoms with Gasteiger partial charge in [-0.25, -0.2) is 4.39 Å². The molecule has 1 aliphatic heterocycles. The minimum Gasteiger partial charge on any atom is -0.493 e. The number of rotatable bonds is 4. The van der Waals surface area contributed by atoms with E-state index >= 15 is 0 Å². The van der Waals surface area contributed by atoms with Gasteiger partial charge in [0.2, 0.25) is 5.88 Å². The third kappa shape index (κ3) is 3.25. The van der Waals surface area contributed by atoms with Gasteiger partial charge in [0.1, 0.15) is 5.82 Å². The molecule has 0 fully saturated rings. The van der Waals surface area contributed by atoms with Crippen LogP contribution in [-0.2, 0) is 4.79 Å². The lowest BCUT2D eigenvalue weighted by atomic mass is 9.72. The molecular weight excluding hydrogens is 411 g/mol. The Bertz CT molecular complexity index is 1230. The monoisotopic (exact) mass is 434 g/mol. The van der Waals surface area contributed by atoms with Crippen molar-refractivity contribution in [1.29, 1.82) is 0 Å². The predicted octanol–water partition coefficient (Wildman–Crippen LogP) is 5.10. The molecular formula is C25H23FN2O4. The van der Waals surface area contributed by atoms with E-state index in [-0.39, 0.29) is 23.4 Å². The molecule has 0 amide bonds. The molecule has 5 rings (SSSR count). The minimum absolute atomic E-state index is 0.0204. The zero-order valence-corrected chi connectivity index (χ0v) is 18.1. The molecule has 1 aliphatic carbocycles. The van der Waals surface area contributed by atoms with Crippen LogP contribution in [0.3, 0.4) is 0 Å². The molecule has 1 N–H and O–H groups in total. The number of nitrogens with one attached hydrogen (secondary N) is 1. The molecule has 0 saturated heterocycles. The van der Waals surface area contributed by atoms with Gasteiger partial charge >= 0.3 is 0 Å². The summed E-state index contributed by atoms with van der Waals surface area (Å²) in [4.78, 5) is 13.5. The average Bonchev–Trinajstić information content (AvgIpc) is 3.18. The first-order valence-electron chi connectivity index (χ1n) is 10.5. The minimum atomic E-state index is -0.341. The lowest BCUT2D eigenvalue weighted by Crippen LogP contribution is -2.29. The van der Waals surface area contributed by atoms with Crippen molar-refractivity contribution in [2.24, 2.45) is 0 Å². The number of Topliss-reactive ketones (excluding diaryl/α,β-unsaturated/α-hetero) is 1. The molecule has 2 aliphatic rings. The summed E-state index contributed by atoms with van der Waals surface area (Å²) in [7, 11) is 3.19. The SMILES string of the molecule is COc1ccc([C@H]2CC(=O)C3=C(C2)Nc2onc(C)c2[C@@H]3c2ccc(F)cc2)cc1OC. The van der Waals surface area contributed by atoms with Crippen molar-refractivity contribution in [3.63, 3.8) is 0 Å². The number of aromatic nitrogens is 1. The van der Waals surface area contributed by atoms with E-state index in [2.05, 4.69) is 10.5 Å². The van der Waals surface area contributed by atoms with E-state index in [1.54, 1.807) is 26.4 Å². The molecule has 0 unspecified atom stereocenters. The summed E-state index contributed by atoms with van der Waals surface area (Å²) in [5.74, 6) is 1.19. The van der Waals surface area contributed by atoms with Crippen LogP contribution < -0.4 is 14.8 Å². The topological polar surface area (TPSA) is 73.6 Å². The number of hydrogen-bond donors (Lipinski definition) is 1. The molecule has 2 atom stereocenters. The standard InChI is InChI=1S/C25H23FN2O4/c1-13-22-23(14-4-7-17(26)8-5-14)24-18(27-25(22)32-28-13)10-16(11-19(24)29)15-6-9-20(30-2)21(12-15)31-3/h4-9,12,16,23,27H,10-11H2,1-3H3/t16-,23+/m1/s1. The molecule has 0 bridgehead atoms. The van der Waals surface area contributed by atoms with E-state index in [9.17, 15) is 9.18 Å². The first kappa shape index (κ1) is 20.3. The van der Waals surface area contributed by atoms with Crippen LogP contribution in [0.15, 0.2) is 58.3 Å². The summed E-state index contributed by atoms with van der Waals surface area (Å²) in [6, 6.07) is 12.0. The summed E-state index contributed by atoms with van der Waals surface area (Å²) in [5.41, 5.74) is 4.90. The Labute approximate surface area is 185 Å². The number of halogens is 1. The van der Waals surface area contributed by atoms with Gasteiger partial charge < -0.3 is 19.3 Å². The maximum Gasteiger partial charge on any atom is 0.233 e. The van der Waals surface area contributed by atoms with Crippen LogP contribution in [0.4, 0.5) is 10.3 Å². The fourth-order valence-corrected chi connectivity index (χ4v) is 4.80. The zero-order valence-electron chi connectivity index (χ0n) is 18.1. The molecule has 0 spiro atoms. The van der Waals surface area contributed by atoms with Crippen LogP contribution in [0, 0.1) is 12.7 Å². The van der Waals surface area contributed by atoms with Crippen molar-refractivity contribution in [1.82, 2.24) is 5.16 Å². The maximum absolute atomic E-state index is 13.6. The molecule has 7 heteroatoms. The van der Waals surface area contributed by atoms with Gasteiger partial charge in [-0.05, 0) is 54.7 Å². The number of aryl methyl sites for hydroxylation is 1. The lowest BCUT2D eigenvalue weighted by Gasteiger charge is -2.34. The number of methoxy groups -OCH3 is 2. The summed E-state index contributed by atoms with van der Waals surface area (Å²) in [6.07, 6.45) is 1.00. The van der Waals surface area contributed by atoms with E-state index in [1.807, 2.05) is 25.1 Å². The van der Waals surface area contributed by atoms with Crippen LogP contribution in [0.5, 0.6) is 11.5 Å². The third-order valence-corrected chi connectivity index (χ3v) is 6.34. The molecule has 1 aromatic heterocycles. The second-order valence-electron chi connectivity index (χ2n) is 8.16. The van der Waals surface area contributed by atoms with E-state index in [1.165, 1.54) is 12.1 Å².